The number of aromatic nitrogens is 1. The van der Waals surface area contributed by atoms with Gasteiger partial charge in [-0.15, -0.1) is 0 Å². The first-order valence-corrected chi connectivity index (χ1v) is 10.8. The number of amides is 1. The van der Waals surface area contributed by atoms with E-state index in [0.717, 1.165) is 31.4 Å². The smallest absolute Gasteiger partial charge is 0.251 e. The standard InChI is InChI=1S/C20H25N3O4S/c1-27-18-10-9-16(20(24)22-15-17-8-4-5-11-21-17)14-19(18)28(25,26)23-12-6-2-3-7-13-23/h4-5,8-11,14H,2-3,6-7,12-13,15H2,1H3,(H,22,24). The minimum Gasteiger partial charge on any atom is -0.495 e. The van der Waals surface area contributed by atoms with Gasteiger partial charge in [-0.3, -0.25) is 9.78 Å². The number of ether oxygens (including phenoxy) is 1. The van der Waals surface area contributed by atoms with Crippen molar-refractivity contribution in [1.82, 2.24) is 14.6 Å². The molecule has 2 aromatic rings. The van der Waals surface area contributed by atoms with Crippen molar-refractivity contribution in [1.29, 1.82) is 0 Å². The Balaban J connectivity index is 1.83. The predicted molar refractivity (Wildman–Crippen MR) is 106 cm³/mol. The Kier molecular flexibility index (Phi) is 6.64. The van der Waals surface area contributed by atoms with Crippen molar-refractivity contribution in [2.75, 3.05) is 20.2 Å². The monoisotopic (exact) mass is 403 g/mol. The third-order valence-corrected chi connectivity index (χ3v) is 6.68. The molecular formula is C20H25N3O4S. The Bertz CT molecular complexity index is 908. The van der Waals surface area contributed by atoms with E-state index in [4.69, 9.17) is 4.74 Å². The van der Waals surface area contributed by atoms with Gasteiger partial charge in [0.25, 0.3) is 5.91 Å². The van der Waals surface area contributed by atoms with Gasteiger partial charge in [-0.25, -0.2) is 8.42 Å². The minimum atomic E-state index is -3.74. The average Bonchev–Trinajstić information content (AvgIpc) is 3.02. The van der Waals surface area contributed by atoms with E-state index in [9.17, 15) is 13.2 Å². The molecule has 150 valence electrons. The van der Waals surface area contributed by atoms with E-state index in [-0.39, 0.29) is 28.7 Å². The van der Waals surface area contributed by atoms with E-state index < -0.39 is 10.0 Å². The van der Waals surface area contributed by atoms with Gasteiger partial charge in [-0.1, -0.05) is 18.9 Å². The van der Waals surface area contributed by atoms with Crippen LogP contribution in [0.3, 0.4) is 0 Å². The van der Waals surface area contributed by atoms with Crippen LogP contribution in [0, 0.1) is 0 Å². The third-order valence-electron chi connectivity index (χ3n) is 4.76. The molecule has 1 saturated heterocycles. The molecule has 1 aromatic carbocycles. The molecule has 28 heavy (non-hydrogen) atoms. The Labute approximate surface area is 165 Å². The molecule has 8 heteroatoms. The molecule has 0 radical (unpaired) electrons. The molecule has 0 spiro atoms. The lowest BCUT2D eigenvalue weighted by molar-refractivity contribution is 0.0950. The lowest BCUT2D eigenvalue weighted by Gasteiger charge is -2.21. The number of sulfonamides is 1. The van der Waals surface area contributed by atoms with Crippen LogP contribution in [0.4, 0.5) is 0 Å². The van der Waals surface area contributed by atoms with Gasteiger partial charge in [0.1, 0.15) is 10.6 Å². The number of carbonyl (C=O) groups is 1. The van der Waals surface area contributed by atoms with Gasteiger partial charge >= 0.3 is 0 Å². The maximum atomic E-state index is 13.2. The number of nitrogens with zero attached hydrogens (tertiary/aromatic N) is 2. The summed E-state index contributed by atoms with van der Waals surface area (Å²) >= 11 is 0. The molecule has 0 unspecified atom stereocenters. The van der Waals surface area contributed by atoms with Crippen LogP contribution in [0.1, 0.15) is 41.7 Å². The number of rotatable bonds is 6. The summed E-state index contributed by atoms with van der Waals surface area (Å²) in [5.74, 6) is -0.119. The van der Waals surface area contributed by atoms with E-state index in [0.29, 0.717) is 13.1 Å². The van der Waals surface area contributed by atoms with E-state index in [1.165, 1.54) is 23.5 Å². The van der Waals surface area contributed by atoms with Crippen LogP contribution in [-0.2, 0) is 16.6 Å². The van der Waals surface area contributed by atoms with Crippen LogP contribution in [0.2, 0.25) is 0 Å². The van der Waals surface area contributed by atoms with E-state index in [1.807, 2.05) is 12.1 Å². The van der Waals surface area contributed by atoms with Gasteiger partial charge in [-0.2, -0.15) is 4.31 Å². The highest BCUT2D eigenvalue weighted by molar-refractivity contribution is 7.89. The molecule has 1 aromatic heterocycles. The first-order valence-electron chi connectivity index (χ1n) is 9.38. The SMILES string of the molecule is COc1ccc(C(=O)NCc2ccccn2)cc1S(=O)(=O)N1CCCCCC1. The lowest BCUT2D eigenvalue weighted by atomic mass is 10.2. The van der Waals surface area contributed by atoms with Crippen LogP contribution in [-0.4, -0.2) is 43.8 Å². The zero-order valence-corrected chi connectivity index (χ0v) is 16.7. The number of hydrogen-bond donors (Lipinski definition) is 1. The highest BCUT2D eigenvalue weighted by atomic mass is 32.2. The summed E-state index contributed by atoms with van der Waals surface area (Å²) in [6.45, 7) is 1.24. The molecule has 0 saturated carbocycles. The zero-order chi connectivity index (χ0) is 20.0. The van der Waals surface area contributed by atoms with Crippen molar-refractivity contribution in [2.24, 2.45) is 0 Å². The van der Waals surface area contributed by atoms with Crippen LogP contribution in [0.5, 0.6) is 5.75 Å². The third kappa shape index (κ3) is 4.69. The number of carbonyl (C=O) groups excluding carboxylic acids is 1. The van der Waals surface area contributed by atoms with Gasteiger partial charge in [0.2, 0.25) is 10.0 Å². The van der Waals surface area contributed by atoms with Crippen LogP contribution < -0.4 is 10.1 Å². The zero-order valence-electron chi connectivity index (χ0n) is 15.9. The molecule has 0 aliphatic carbocycles. The molecule has 7 nitrogen and oxygen atoms in total. The molecule has 1 N–H and O–H groups in total. The Morgan fingerprint density at radius 1 is 1.14 bits per heavy atom. The summed E-state index contributed by atoms with van der Waals surface area (Å²) < 4.78 is 33.1. The largest absolute Gasteiger partial charge is 0.495 e. The summed E-state index contributed by atoms with van der Waals surface area (Å²) in [4.78, 5) is 16.7. The maximum Gasteiger partial charge on any atom is 0.251 e. The molecule has 2 heterocycles. The van der Waals surface area contributed by atoms with Crippen molar-refractivity contribution in [3.05, 3.63) is 53.9 Å². The quantitative estimate of drug-likeness (QED) is 0.801. The van der Waals surface area contributed by atoms with E-state index >= 15 is 0 Å². The van der Waals surface area contributed by atoms with Crippen LogP contribution in [0.25, 0.3) is 0 Å². The molecule has 3 rings (SSSR count). The number of hydrogen-bond acceptors (Lipinski definition) is 5. The predicted octanol–water partition coefficient (Wildman–Crippen LogP) is 2.58. The second-order valence-corrected chi connectivity index (χ2v) is 8.59. The minimum absolute atomic E-state index is 0.0300. The molecule has 0 atom stereocenters. The molecule has 1 aliphatic heterocycles. The molecule has 1 aliphatic rings. The van der Waals surface area contributed by atoms with Crippen molar-refractivity contribution in [3.63, 3.8) is 0 Å². The first-order chi connectivity index (χ1) is 13.5. The second-order valence-electron chi connectivity index (χ2n) is 6.69. The summed E-state index contributed by atoms with van der Waals surface area (Å²) in [6, 6.07) is 9.94. The number of benzene rings is 1. The topological polar surface area (TPSA) is 88.6 Å². The van der Waals surface area contributed by atoms with Crippen LogP contribution in [0.15, 0.2) is 47.5 Å². The molecule has 1 amide bonds. The van der Waals surface area contributed by atoms with E-state index in [2.05, 4.69) is 10.3 Å². The number of pyridine rings is 1. The van der Waals surface area contributed by atoms with E-state index in [1.54, 1.807) is 18.3 Å². The molecule has 1 fully saturated rings. The number of nitrogens with one attached hydrogen (secondary N) is 1. The van der Waals surface area contributed by atoms with Crippen molar-refractivity contribution in [3.8, 4) is 5.75 Å². The van der Waals surface area contributed by atoms with Crippen molar-refractivity contribution < 1.29 is 17.9 Å². The molecular weight excluding hydrogens is 378 g/mol. The highest BCUT2D eigenvalue weighted by Gasteiger charge is 2.29. The van der Waals surface area contributed by atoms with Crippen molar-refractivity contribution in [2.45, 2.75) is 37.1 Å². The van der Waals surface area contributed by atoms with Gasteiger partial charge in [0.15, 0.2) is 0 Å². The summed E-state index contributed by atoms with van der Waals surface area (Å²) in [5.41, 5.74) is 0.993. The highest BCUT2D eigenvalue weighted by Crippen LogP contribution is 2.29. The van der Waals surface area contributed by atoms with Crippen molar-refractivity contribution >= 4 is 15.9 Å². The van der Waals surface area contributed by atoms with Gasteiger partial charge in [-0.05, 0) is 43.2 Å². The normalized spacial score (nSPS) is 15.6. The fourth-order valence-electron chi connectivity index (χ4n) is 3.22. The Morgan fingerprint density at radius 3 is 2.54 bits per heavy atom. The van der Waals surface area contributed by atoms with Crippen LogP contribution >= 0.6 is 0 Å². The fraction of sp³-hybridized carbons (Fsp3) is 0.400. The number of methoxy groups -OCH3 is 1. The van der Waals surface area contributed by atoms with Gasteiger partial charge in [0.05, 0.1) is 19.3 Å². The molecule has 0 bridgehead atoms. The Morgan fingerprint density at radius 2 is 1.89 bits per heavy atom. The van der Waals surface area contributed by atoms with Gasteiger partial charge in [0, 0.05) is 24.8 Å². The summed E-state index contributed by atoms with van der Waals surface area (Å²) in [7, 11) is -2.31. The maximum absolute atomic E-state index is 13.2. The average molecular weight is 404 g/mol. The Hall–Kier alpha value is -2.45. The van der Waals surface area contributed by atoms with Gasteiger partial charge < -0.3 is 10.1 Å². The second kappa shape index (κ2) is 9.16. The summed E-state index contributed by atoms with van der Waals surface area (Å²) in [5, 5.41) is 2.77. The summed E-state index contributed by atoms with van der Waals surface area (Å²) in [6.07, 6.45) is 5.39. The fourth-order valence-corrected chi connectivity index (χ4v) is 4.91. The first kappa shape index (κ1) is 20.3. The lowest BCUT2D eigenvalue weighted by Crippen LogP contribution is -2.32.